The van der Waals surface area contributed by atoms with Crippen LogP contribution in [0.2, 0.25) is 0 Å². The first-order valence-electron chi connectivity index (χ1n) is 6.09. The number of amides is 2. The normalized spacial score (nSPS) is 14.8. The van der Waals surface area contributed by atoms with Crippen molar-refractivity contribution < 1.29 is 19.8 Å². The van der Waals surface area contributed by atoms with E-state index in [1.165, 1.54) is 12.2 Å². The molecule has 0 saturated carbocycles. The van der Waals surface area contributed by atoms with Gasteiger partial charge in [-0.15, -0.1) is 0 Å². The van der Waals surface area contributed by atoms with E-state index in [4.69, 9.17) is 10.2 Å². The highest BCUT2D eigenvalue weighted by molar-refractivity contribution is 6.28. The van der Waals surface area contributed by atoms with Gasteiger partial charge in [0.2, 0.25) is 0 Å². The minimum Gasteiger partial charge on any atom is -0.368 e. The second kappa shape index (κ2) is 5.77. The molecule has 1 aliphatic rings. The van der Waals surface area contributed by atoms with Crippen LogP contribution in [-0.2, 0) is 16.0 Å². The van der Waals surface area contributed by atoms with Crippen molar-refractivity contribution >= 4 is 17.5 Å². The number of nitrogens with zero attached hydrogens (tertiary/aromatic N) is 1. The second-order valence-electron chi connectivity index (χ2n) is 4.38. The average molecular weight is 261 g/mol. The fraction of sp³-hybridized carbons (Fsp3) is 0.286. The fourth-order valence-electron chi connectivity index (χ4n) is 1.96. The first-order chi connectivity index (χ1) is 9.08. The van der Waals surface area contributed by atoms with E-state index in [1.807, 2.05) is 12.1 Å². The lowest BCUT2D eigenvalue weighted by molar-refractivity contribution is -0.119. The molecule has 19 heavy (non-hydrogen) atoms. The van der Waals surface area contributed by atoms with Gasteiger partial charge in [0, 0.05) is 12.2 Å². The van der Waals surface area contributed by atoms with Gasteiger partial charge < -0.3 is 10.2 Å². The van der Waals surface area contributed by atoms with Gasteiger partial charge in [-0.1, -0.05) is 12.1 Å². The highest BCUT2D eigenvalue weighted by Gasteiger charge is 2.24. The van der Waals surface area contributed by atoms with E-state index in [9.17, 15) is 9.59 Å². The molecule has 2 N–H and O–H groups in total. The number of rotatable bonds is 5. The van der Waals surface area contributed by atoms with Crippen LogP contribution in [0.4, 0.5) is 5.69 Å². The maximum Gasteiger partial charge on any atom is 0.258 e. The molecule has 0 spiro atoms. The van der Waals surface area contributed by atoms with E-state index in [2.05, 4.69) is 0 Å². The zero-order valence-corrected chi connectivity index (χ0v) is 10.3. The molecule has 0 saturated heterocycles. The summed E-state index contributed by atoms with van der Waals surface area (Å²) < 4.78 is 0. The summed E-state index contributed by atoms with van der Waals surface area (Å²) in [6.07, 6.45) is 2.94. The van der Waals surface area contributed by atoms with Crippen LogP contribution in [0.15, 0.2) is 36.4 Å². The fourth-order valence-corrected chi connectivity index (χ4v) is 1.96. The third kappa shape index (κ3) is 3.27. The number of aliphatic hydroxyl groups excluding tert-OH is 1. The molecule has 1 aliphatic heterocycles. The number of aliphatic hydroxyl groups is 2. The van der Waals surface area contributed by atoms with Crippen LogP contribution in [0, 0.1) is 0 Å². The molecular formula is C14H15NO4. The predicted molar refractivity (Wildman–Crippen MR) is 69.2 cm³/mol. The molecule has 1 heterocycles. The summed E-state index contributed by atoms with van der Waals surface area (Å²) in [5.41, 5.74) is 1.57. The van der Waals surface area contributed by atoms with Crippen LogP contribution >= 0.6 is 0 Å². The van der Waals surface area contributed by atoms with Crippen molar-refractivity contribution in [2.45, 2.75) is 25.6 Å². The maximum absolute atomic E-state index is 11.5. The molecule has 0 unspecified atom stereocenters. The number of carbonyl (C=O) groups excluding carboxylic acids is 2. The standard InChI is InChI=1S/C14H15NO4/c16-12-8-9-13(17)15(12)11-6-4-10(5-7-11)2-1-3-14(18)19/h4-9,14,18-19H,1-3H2. The van der Waals surface area contributed by atoms with Gasteiger partial charge in [0.1, 0.15) is 0 Å². The quantitative estimate of drug-likeness (QED) is 0.605. The van der Waals surface area contributed by atoms with Crippen LogP contribution in [0.5, 0.6) is 0 Å². The van der Waals surface area contributed by atoms with Crippen molar-refractivity contribution in [1.82, 2.24) is 0 Å². The van der Waals surface area contributed by atoms with Crippen LogP contribution in [0.1, 0.15) is 18.4 Å². The monoisotopic (exact) mass is 261 g/mol. The largest absolute Gasteiger partial charge is 0.368 e. The van der Waals surface area contributed by atoms with E-state index in [1.54, 1.807) is 12.1 Å². The van der Waals surface area contributed by atoms with Crippen LogP contribution < -0.4 is 4.90 Å². The maximum atomic E-state index is 11.5. The Hall–Kier alpha value is -1.98. The molecule has 0 bridgehead atoms. The van der Waals surface area contributed by atoms with Crippen molar-refractivity contribution in [1.29, 1.82) is 0 Å². The summed E-state index contributed by atoms with van der Waals surface area (Å²) in [7, 11) is 0. The molecule has 100 valence electrons. The molecule has 5 nitrogen and oxygen atoms in total. The summed E-state index contributed by atoms with van der Waals surface area (Å²) in [5, 5.41) is 17.5. The van der Waals surface area contributed by atoms with Gasteiger partial charge in [-0.25, -0.2) is 4.90 Å². The topological polar surface area (TPSA) is 77.8 Å². The van der Waals surface area contributed by atoms with Crippen molar-refractivity contribution in [2.24, 2.45) is 0 Å². The Labute approximate surface area is 110 Å². The molecule has 0 fully saturated rings. The highest BCUT2D eigenvalue weighted by atomic mass is 16.5. The Kier molecular flexibility index (Phi) is 4.09. The van der Waals surface area contributed by atoms with E-state index >= 15 is 0 Å². The molecule has 2 rings (SSSR count). The minimum absolute atomic E-state index is 0.328. The molecule has 0 radical (unpaired) electrons. The van der Waals surface area contributed by atoms with Crippen molar-refractivity contribution in [3.05, 3.63) is 42.0 Å². The van der Waals surface area contributed by atoms with E-state index in [-0.39, 0.29) is 11.8 Å². The zero-order valence-electron chi connectivity index (χ0n) is 10.3. The molecular weight excluding hydrogens is 246 g/mol. The lowest BCUT2D eigenvalue weighted by Gasteiger charge is -2.14. The number of anilines is 1. The first-order valence-corrected chi connectivity index (χ1v) is 6.09. The molecule has 1 aromatic rings. The highest BCUT2D eigenvalue weighted by Crippen LogP contribution is 2.20. The number of imide groups is 1. The Balaban J connectivity index is 1.99. The average Bonchev–Trinajstić information content (AvgIpc) is 2.70. The summed E-state index contributed by atoms with van der Waals surface area (Å²) in [6, 6.07) is 7.09. The summed E-state index contributed by atoms with van der Waals surface area (Å²) in [5.74, 6) is -0.665. The molecule has 0 atom stereocenters. The number of hydrogen-bond acceptors (Lipinski definition) is 4. The van der Waals surface area contributed by atoms with Gasteiger partial charge in [0.05, 0.1) is 5.69 Å². The smallest absolute Gasteiger partial charge is 0.258 e. The lowest BCUT2D eigenvalue weighted by atomic mass is 10.1. The third-order valence-electron chi connectivity index (χ3n) is 2.93. The second-order valence-corrected chi connectivity index (χ2v) is 4.38. The number of carbonyl (C=O) groups is 2. The summed E-state index contributed by atoms with van der Waals surface area (Å²) in [6.45, 7) is 0. The number of aryl methyl sites for hydroxylation is 1. The summed E-state index contributed by atoms with van der Waals surface area (Å²) in [4.78, 5) is 24.1. The van der Waals surface area contributed by atoms with Crippen LogP contribution in [-0.4, -0.2) is 28.3 Å². The van der Waals surface area contributed by atoms with Gasteiger partial charge in [0.15, 0.2) is 6.29 Å². The Morgan fingerprint density at radius 2 is 1.58 bits per heavy atom. The Morgan fingerprint density at radius 1 is 1.00 bits per heavy atom. The number of hydrogen-bond donors (Lipinski definition) is 2. The SMILES string of the molecule is O=C1C=CC(=O)N1c1ccc(CCCC(O)O)cc1. The van der Waals surface area contributed by atoms with Crippen molar-refractivity contribution in [3.8, 4) is 0 Å². The van der Waals surface area contributed by atoms with Crippen molar-refractivity contribution in [3.63, 3.8) is 0 Å². The molecule has 0 aromatic heterocycles. The third-order valence-corrected chi connectivity index (χ3v) is 2.93. The van der Waals surface area contributed by atoms with Crippen LogP contribution in [0.25, 0.3) is 0 Å². The van der Waals surface area contributed by atoms with Gasteiger partial charge in [-0.2, -0.15) is 0 Å². The van der Waals surface area contributed by atoms with Crippen LogP contribution in [0.3, 0.4) is 0 Å². The van der Waals surface area contributed by atoms with E-state index < -0.39 is 6.29 Å². The van der Waals surface area contributed by atoms with Crippen molar-refractivity contribution in [2.75, 3.05) is 4.90 Å². The molecule has 2 amide bonds. The van der Waals surface area contributed by atoms with Gasteiger partial charge in [-0.3, -0.25) is 9.59 Å². The van der Waals surface area contributed by atoms with E-state index in [0.717, 1.165) is 16.9 Å². The van der Waals surface area contributed by atoms with E-state index in [0.29, 0.717) is 18.5 Å². The number of benzene rings is 1. The molecule has 1 aromatic carbocycles. The Bertz CT molecular complexity index is 487. The summed E-state index contributed by atoms with van der Waals surface area (Å²) >= 11 is 0. The molecule has 5 heteroatoms. The van der Waals surface area contributed by atoms with Gasteiger partial charge in [0.25, 0.3) is 11.8 Å². The predicted octanol–water partition coefficient (Wildman–Crippen LogP) is 0.749. The molecule has 0 aliphatic carbocycles. The van der Waals surface area contributed by atoms with Gasteiger partial charge in [-0.05, 0) is 37.0 Å². The first kappa shape index (κ1) is 13.5. The lowest BCUT2D eigenvalue weighted by Crippen LogP contribution is -2.29. The minimum atomic E-state index is -1.27. The Morgan fingerprint density at radius 3 is 2.11 bits per heavy atom. The van der Waals surface area contributed by atoms with Gasteiger partial charge >= 0.3 is 0 Å². The zero-order chi connectivity index (χ0) is 13.8.